The number of carbonyl (C=O) groups excluding carboxylic acids is 2. The van der Waals surface area contributed by atoms with Crippen LogP contribution in [0.4, 0.5) is 0 Å². The van der Waals surface area contributed by atoms with Crippen LogP contribution in [0.5, 0.6) is 0 Å². The van der Waals surface area contributed by atoms with Gasteiger partial charge in [-0.15, -0.1) is 30.4 Å². The van der Waals surface area contributed by atoms with Crippen LogP contribution in [-0.4, -0.2) is 78.2 Å². The lowest BCUT2D eigenvalue weighted by molar-refractivity contribution is -0.790. The summed E-state index contributed by atoms with van der Waals surface area (Å²) < 4.78 is 12.0. The van der Waals surface area contributed by atoms with E-state index in [4.69, 9.17) is 21.1 Å². The molecule has 53 heavy (non-hydrogen) atoms. The molecule has 0 saturated carbocycles. The fourth-order valence-corrected chi connectivity index (χ4v) is 5.14. The topological polar surface area (TPSA) is 230 Å². The molecule has 0 radical (unpaired) electrons. The lowest BCUT2D eigenvalue weighted by Gasteiger charge is -2.14. The van der Waals surface area contributed by atoms with Crippen molar-refractivity contribution >= 4 is 23.5 Å². The molecule has 4 rings (SSSR count). The van der Waals surface area contributed by atoms with Gasteiger partial charge in [0.1, 0.15) is 18.5 Å². The van der Waals surface area contributed by atoms with E-state index in [0.29, 0.717) is 18.1 Å². The number of imidazole rings is 1. The van der Waals surface area contributed by atoms with Crippen LogP contribution in [-0.2, 0) is 36.9 Å². The Kier molecular flexibility index (Phi) is 19.5. The van der Waals surface area contributed by atoms with Gasteiger partial charge in [0, 0.05) is 18.5 Å². The van der Waals surface area contributed by atoms with Crippen LogP contribution in [0.15, 0.2) is 48.5 Å². The predicted molar refractivity (Wildman–Crippen MR) is 193 cm³/mol. The van der Waals surface area contributed by atoms with Gasteiger partial charge in [0.2, 0.25) is 5.82 Å². The molecule has 0 aliphatic carbocycles. The van der Waals surface area contributed by atoms with Crippen molar-refractivity contribution in [3.05, 3.63) is 91.0 Å². The molecule has 0 saturated heterocycles. The number of nitrogens with zero attached hydrogens (tertiary/aromatic N) is 7. The van der Waals surface area contributed by atoms with E-state index in [2.05, 4.69) is 35.3 Å². The number of rotatable bonds is 20. The highest BCUT2D eigenvalue weighted by Gasteiger charge is 2.25. The monoisotopic (exact) mass is 760 g/mol. The Morgan fingerprint density at radius 2 is 1.64 bits per heavy atom. The molecule has 0 bridgehead atoms. The number of ether oxygens (including phenoxy) is 2. The number of aryl methyl sites for hydroxylation is 1. The van der Waals surface area contributed by atoms with E-state index in [1.165, 1.54) is 0 Å². The Morgan fingerprint density at radius 1 is 0.943 bits per heavy atom. The van der Waals surface area contributed by atoms with Crippen molar-refractivity contribution in [2.24, 2.45) is 0 Å². The second-order valence-corrected chi connectivity index (χ2v) is 11.0. The quantitative estimate of drug-likeness (QED) is 0.0440. The Hall–Kier alpha value is -5.65. The lowest BCUT2D eigenvalue weighted by Crippen LogP contribution is -2.24. The Labute approximate surface area is 311 Å². The maximum absolute atomic E-state index is 13.2. The normalized spacial score (nSPS) is 10.8. The number of tetrazole rings is 1. The van der Waals surface area contributed by atoms with Gasteiger partial charge in [-0.3, -0.25) is 0 Å². The molecule has 0 aliphatic heterocycles. The van der Waals surface area contributed by atoms with Crippen LogP contribution >= 0.6 is 11.6 Å². The number of hydrogen-bond acceptors (Lipinski definition) is 14. The lowest BCUT2D eigenvalue weighted by atomic mass is 9.98. The summed E-state index contributed by atoms with van der Waals surface area (Å²) in [6.45, 7) is 8.89. The molecule has 4 aromatic rings. The molecular formula is C34H45ClN8O10. The van der Waals surface area contributed by atoms with Crippen LogP contribution < -0.4 is 0 Å². The molecule has 18 nitrogen and oxygen atoms in total. The zero-order chi connectivity index (χ0) is 39.2. The van der Waals surface area contributed by atoms with Crippen molar-refractivity contribution < 1.29 is 38.9 Å². The van der Waals surface area contributed by atoms with Gasteiger partial charge in [0.25, 0.3) is 10.2 Å². The maximum Gasteiger partial charge on any atom is 0.358 e. The van der Waals surface area contributed by atoms with Crippen molar-refractivity contribution in [1.82, 2.24) is 30.2 Å². The van der Waals surface area contributed by atoms with Gasteiger partial charge in [0.15, 0.2) is 17.5 Å². The van der Waals surface area contributed by atoms with E-state index in [9.17, 15) is 29.8 Å². The molecule has 0 fully saturated rings. The fraction of sp³-hybridized carbons (Fsp3) is 0.471. The molecule has 288 valence electrons. The van der Waals surface area contributed by atoms with E-state index in [1.807, 2.05) is 83.1 Å². The first-order chi connectivity index (χ1) is 25.7. The number of unbranched alkanes of at least 4 members (excludes halogenated alkanes) is 2. The second-order valence-electron chi connectivity index (χ2n) is 10.6. The Morgan fingerprint density at radius 3 is 2.26 bits per heavy atom. The second kappa shape index (κ2) is 23.8. The summed E-state index contributed by atoms with van der Waals surface area (Å²) in [4.78, 5) is 59.3. The molecule has 1 unspecified atom stereocenters. The first kappa shape index (κ1) is 43.5. The van der Waals surface area contributed by atoms with Crippen molar-refractivity contribution in [3.63, 3.8) is 0 Å². The fourth-order valence-electron chi connectivity index (χ4n) is 4.86. The van der Waals surface area contributed by atoms with Crippen molar-refractivity contribution in [3.8, 4) is 22.5 Å². The summed E-state index contributed by atoms with van der Waals surface area (Å²) in [5.74, 6) is -0.616. The van der Waals surface area contributed by atoms with Crippen molar-refractivity contribution in [2.45, 2.75) is 85.8 Å². The molecule has 0 spiro atoms. The number of benzene rings is 2. The van der Waals surface area contributed by atoms with E-state index in [0.717, 1.165) is 35.1 Å². The van der Waals surface area contributed by atoms with E-state index >= 15 is 0 Å². The molecular weight excluding hydrogens is 716 g/mol. The molecule has 0 amide bonds. The standard InChI is InChI=1S/C30H33ClN8O10.2C2H6/c1-2-3-11-25-32-28(31)27(30(41)47-19-26(40)46-16-7-6-8-22(49-39(44)45)18-48-38(42)43)37(25)17-20-12-14-21(15-13-20)23-9-4-5-10-24(23)29-33-35-36-34-29;2*1-2/h4-5,9-10,12-15,22H,2-3,6-8,11,16-19H2,1H3,(H,33,34,35,36);2*1-2H3. The smallest absolute Gasteiger partial charge is 0.358 e. The van der Waals surface area contributed by atoms with Crippen molar-refractivity contribution in [1.29, 1.82) is 0 Å². The number of H-pyrrole nitrogens is 1. The number of nitrogens with one attached hydrogen (secondary N) is 1. The first-order valence-corrected chi connectivity index (χ1v) is 17.6. The first-order valence-electron chi connectivity index (χ1n) is 17.2. The largest absolute Gasteiger partial charge is 0.463 e. The SMILES string of the molecule is CC.CC.CCCCc1nc(Cl)c(C(=O)OCC(=O)OCCCCC(CO[N+](=O)[O-])O[N+](=O)[O-])n1Cc1ccc(-c2ccccc2-c2nn[nH]n2)cc1. The third-order valence-corrected chi connectivity index (χ3v) is 7.44. The number of aromatic amines is 1. The predicted octanol–water partition coefficient (Wildman–Crippen LogP) is 6.48. The van der Waals surface area contributed by atoms with Gasteiger partial charge in [-0.1, -0.05) is 101 Å². The van der Waals surface area contributed by atoms with Crippen molar-refractivity contribution in [2.75, 3.05) is 19.8 Å². The molecule has 1 N–H and O–H groups in total. The molecule has 0 aliphatic rings. The zero-order valence-electron chi connectivity index (χ0n) is 30.4. The number of halogens is 1. The summed E-state index contributed by atoms with van der Waals surface area (Å²) in [5.41, 5.74) is 3.51. The van der Waals surface area contributed by atoms with Gasteiger partial charge >= 0.3 is 11.9 Å². The average Bonchev–Trinajstić information content (AvgIpc) is 3.81. The molecule has 2 aromatic carbocycles. The van der Waals surface area contributed by atoms with E-state index < -0.39 is 41.4 Å². The Balaban J connectivity index is 0.00000235. The van der Waals surface area contributed by atoms with E-state index in [1.54, 1.807) is 4.57 Å². The number of hydrogen-bond donors (Lipinski definition) is 1. The van der Waals surface area contributed by atoms with Gasteiger partial charge in [-0.25, -0.2) is 14.6 Å². The summed E-state index contributed by atoms with van der Waals surface area (Å²) >= 11 is 6.43. The maximum atomic E-state index is 13.2. The molecule has 2 aromatic heterocycles. The number of esters is 2. The van der Waals surface area contributed by atoms with E-state index in [-0.39, 0.29) is 43.3 Å². The van der Waals surface area contributed by atoms with Gasteiger partial charge in [0.05, 0.1) is 6.61 Å². The Bertz CT molecular complexity index is 1720. The highest BCUT2D eigenvalue weighted by Crippen LogP contribution is 2.30. The van der Waals surface area contributed by atoms with Crippen LogP contribution in [0.1, 0.15) is 88.6 Å². The number of aromatic nitrogens is 6. The summed E-state index contributed by atoms with van der Waals surface area (Å²) in [6, 6.07) is 15.4. The highest BCUT2D eigenvalue weighted by atomic mass is 35.5. The summed E-state index contributed by atoms with van der Waals surface area (Å²) in [7, 11) is 0. The zero-order valence-corrected chi connectivity index (χ0v) is 31.1. The number of carbonyl (C=O) groups is 2. The molecule has 1 atom stereocenters. The minimum atomic E-state index is -1.16. The van der Waals surface area contributed by atoms with Crippen LogP contribution in [0.2, 0.25) is 5.15 Å². The van der Waals surface area contributed by atoms with Crippen LogP contribution in [0, 0.1) is 20.2 Å². The highest BCUT2D eigenvalue weighted by molar-refractivity contribution is 6.32. The van der Waals surface area contributed by atoms with Crippen LogP contribution in [0.3, 0.4) is 0 Å². The van der Waals surface area contributed by atoms with Crippen LogP contribution in [0.25, 0.3) is 22.5 Å². The summed E-state index contributed by atoms with van der Waals surface area (Å²) in [6.07, 6.45) is 1.67. The van der Waals surface area contributed by atoms with Gasteiger partial charge in [-0.05, 0) is 47.6 Å². The third-order valence-electron chi connectivity index (χ3n) is 7.18. The molecule has 19 heteroatoms. The summed E-state index contributed by atoms with van der Waals surface area (Å²) in [5, 5.41) is 33.0. The van der Waals surface area contributed by atoms with Gasteiger partial charge in [-0.2, -0.15) is 5.21 Å². The average molecular weight is 761 g/mol. The minimum Gasteiger partial charge on any atom is -0.463 e. The molecule has 2 heterocycles. The minimum absolute atomic E-state index is 0.000809. The third kappa shape index (κ3) is 14.1. The van der Waals surface area contributed by atoms with Gasteiger partial charge < -0.3 is 23.7 Å².